The lowest BCUT2D eigenvalue weighted by atomic mass is 9.98. The van der Waals surface area contributed by atoms with E-state index in [1.165, 1.54) is 114 Å². The quantitative estimate of drug-likeness (QED) is 0.0562. The molecule has 2 aromatic rings. The van der Waals surface area contributed by atoms with Gasteiger partial charge in [0, 0.05) is 12.3 Å². The lowest BCUT2D eigenvalue weighted by Crippen LogP contribution is -2.11. The maximum atomic E-state index is 11.9. The molecule has 0 N–H and O–H groups in total. The standard InChI is InChI=1S/C40H63ClO3/c1-4-7-9-10-11-12-13-14-15-16-17-18-19-22-36-29-38(31-39(30-36)43-32-34(6-3)21-8-5-2)37-26-24-35(25-27-37)33-44-40(42)23-20-28-41/h24-27,29-31,34H,4-23,28,32-33H2,1-3H3. The number of carbonyl (C=O) groups excluding carboxylic acids is 1. The van der Waals surface area contributed by atoms with Crippen molar-refractivity contribution in [2.24, 2.45) is 5.92 Å². The molecule has 0 aliphatic heterocycles. The van der Waals surface area contributed by atoms with E-state index in [0.717, 1.165) is 36.3 Å². The summed E-state index contributed by atoms with van der Waals surface area (Å²) < 4.78 is 11.8. The van der Waals surface area contributed by atoms with Crippen LogP contribution in [0.2, 0.25) is 0 Å². The van der Waals surface area contributed by atoms with Crippen LogP contribution in [0.3, 0.4) is 0 Å². The Balaban J connectivity index is 1.90. The highest BCUT2D eigenvalue weighted by atomic mass is 35.5. The van der Waals surface area contributed by atoms with Crippen LogP contribution in [0, 0.1) is 5.92 Å². The summed E-state index contributed by atoms with van der Waals surface area (Å²) in [6, 6.07) is 15.2. The van der Waals surface area contributed by atoms with Crippen LogP contribution >= 0.6 is 11.6 Å². The highest BCUT2D eigenvalue weighted by Crippen LogP contribution is 2.29. The van der Waals surface area contributed by atoms with Gasteiger partial charge in [0.15, 0.2) is 0 Å². The maximum Gasteiger partial charge on any atom is 0.306 e. The Bertz CT molecular complexity index is 987. The van der Waals surface area contributed by atoms with Crippen molar-refractivity contribution in [1.82, 2.24) is 0 Å². The van der Waals surface area contributed by atoms with Crippen molar-refractivity contribution in [2.75, 3.05) is 12.5 Å². The zero-order valence-corrected chi connectivity index (χ0v) is 29.2. The van der Waals surface area contributed by atoms with E-state index in [1.807, 2.05) is 0 Å². The van der Waals surface area contributed by atoms with Crippen LogP contribution in [0.5, 0.6) is 5.75 Å². The molecular weight excluding hydrogens is 564 g/mol. The number of rotatable bonds is 27. The summed E-state index contributed by atoms with van der Waals surface area (Å²) in [7, 11) is 0. The molecule has 0 aliphatic carbocycles. The molecule has 44 heavy (non-hydrogen) atoms. The fourth-order valence-electron chi connectivity index (χ4n) is 5.75. The Kier molecular flexibility index (Phi) is 21.9. The summed E-state index contributed by atoms with van der Waals surface area (Å²) in [4.78, 5) is 11.9. The summed E-state index contributed by atoms with van der Waals surface area (Å²) in [6.07, 6.45) is 24.9. The molecule has 0 saturated heterocycles. The van der Waals surface area contributed by atoms with Crippen LogP contribution in [-0.4, -0.2) is 18.5 Å². The van der Waals surface area contributed by atoms with E-state index in [2.05, 4.69) is 63.2 Å². The monoisotopic (exact) mass is 626 g/mol. The zero-order valence-electron chi connectivity index (χ0n) is 28.5. The summed E-state index contributed by atoms with van der Waals surface area (Å²) in [5, 5.41) is 0. The number of benzene rings is 2. The van der Waals surface area contributed by atoms with Gasteiger partial charge in [-0.3, -0.25) is 4.79 Å². The second-order valence-corrected chi connectivity index (χ2v) is 13.1. The Morgan fingerprint density at radius 3 is 1.89 bits per heavy atom. The average molecular weight is 627 g/mol. The number of esters is 1. The molecule has 0 saturated carbocycles. The summed E-state index contributed by atoms with van der Waals surface area (Å²) in [5.74, 6) is 1.88. The van der Waals surface area contributed by atoms with E-state index in [9.17, 15) is 4.79 Å². The Morgan fingerprint density at radius 1 is 0.682 bits per heavy atom. The van der Waals surface area contributed by atoms with Gasteiger partial charge < -0.3 is 9.47 Å². The molecule has 0 bridgehead atoms. The molecule has 3 nitrogen and oxygen atoms in total. The van der Waals surface area contributed by atoms with Crippen molar-refractivity contribution >= 4 is 17.6 Å². The molecule has 248 valence electrons. The number of alkyl halides is 1. The molecule has 4 heteroatoms. The molecule has 2 rings (SSSR count). The van der Waals surface area contributed by atoms with E-state index in [1.54, 1.807) is 0 Å². The minimum atomic E-state index is -0.193. The Morgan fingerprint density at radius 2 is 1.30 bits per heavy atom. The van der Waals surface area contributed by atoms with E-state index in [4.69, 9.17) is 21.1 Å². The fraction of sp³-hybridized carbons (Fsp3) is 0.675. The van der Waals surface area contributed by atoms with Crippen molar-refractivity contribution < 1.29 is 14.3 Å². The van der Waals surface area contributed by atoms with Gasteiger partial charge in [0.2, 0.25) is 0 Å². The van der Waals surface area contributed by atoms with Gasteiger partial charge in [-0.1, -0.05) is 147 Å². The van der Waals surface area contributed by atoms with Crippen molar-refractivity contribution in [2.45, 2.75) is 156 Å². The first-order valence-corrected chi connectivity index (χ1v) is 18.7. The molecular formula is C40H63ClO3. The minimum absolute atomic E-state index is 0.193. The highest BCUT2D eigenvalue weighted by molar-refractivity contribution is 6.17. The second kappa shape index (κ2) is 25.2. The SMILES string of the molecule is CCCCCCCCCCCCCCCc1cc(OCC(CC)CCCC)cc(-c2ccc(COC(=O)CCCCl)cc2)c1. The van der Waals surface area contributed by atoms with E-state index in [0.29, 0.717) is 31.2 Å². The van der Waals surface area contributed by atoms with Gasteiger partial charge in [0.05, 0.1) is 6.61 Å². The zero-order chi connectivity index (χ0) is 31.7. The molecule has 0 amide bonds. The molecule has 0 radical (unpaired) electrons. The van der Waals surface area contributed by atoms with Crippen molar-refractivity contribution in [3.05, 3.63) is 53.6 Å². The third-order valence-electron chi connectivity index (χ3n) is 8.77. The number of aryl methyl sites for hydroxylation is 1. The number of ether oxygens (including phenoxy) is 2. The minimum Gasteiger partial charge on any atom is -0.493 e. The van der Waals surface area contributed by atoms with Crippen molar-refractivity contribution in [1.29, 1.82) is 0 Å². The number of halogens is 1. The summed E-state index contributed by atoms with van der Waals surface area (Å²) in [6.45, 7) is 7.90. The Labute approximate surface area is 275 Å². The van der Waals surface area contributed by atoms with Crippen LogP contribution in [0.15, 0.2) is 42.5 Å². The topological polar surface area (TPSA) is 35.5 Å². The van der Waals surface area contributed by atoms with Crippen molar-refractivity contribution in [3.63, 3.8) is 0 Å². The maximum absolute atomic E-state index is 11.9. The largest absolute Gasteiger partial charge is 0.493 e. The third-order valence-corrected chi connectivity index (χ3v) is 9.03. The van der Waals surface area contributed by atoms with Crippen LogP contribution in [0.1, 0.15) is 154 Å². The van der Waals surface area contributed by atoms with Gasteiger partial charge in [-0.05, 0) is 66.0 Å². The number of hydrogen-bond donors (Lipinski definition) is 0. The fourth-order valence-corrected chi connectivity index (χ4v) is 5.89. The molecule has 0 spiro atoms. The molecule has 1 atom stereocenters. The lowest BCUT2D eigenvalue weighted by Gasteiger charge is -2.17. The first-order chi connectivity index (χ1) is 21.6. The van der Waals surface area contributed by atoms with E-state index in [-0.39, 0.29) is 5.97 Å². The molecule has 0 aromatic heterocycles. The normalized spacial score (nSPS) is 11.9. The Hall–Kier alpha value is -2.00. The molecule has 0 heterocycles. The van der Waals surface area contributed by atoms with Gasteiger partial charge in [-0.15, -0.1) is 11.6 Å². The van der Waals surface area contributed by atoms with Crippen LogP contribution in [0.25, 0.3) is 11.1 Å². The predicted molar refractivity (Wildman–Crippen MR) is 190 cm³/mol. The number of carbonyl (C=O) groups is 1. The van der Waals surface area contributed by atoms with E-state index >= 15 is 0 Å². The first kappa shape index (κ1) is 38.2. The van der Waals surface area contributed by atoms with E-state index < -0.39 is 0 Å². The second-order valence-electron chi connectivity index (χ2n) is 12.7. The predicted octanol–water partition coefficient (Wildman–Crippen LogP) is 12.6. The number of unbranched alkanes of at least 4 members (excludes halogenated alkanes) is 13. The highest BCUT2D eigenvalue weighted by Gasteiger charge is 2.10. The smallest absolute Gasteiger partial charge is 0.306 e. The van der Waals surface area contributed by atoms with Gasteiger partial charge in [-0.2, -0.15) is 0 Å². The van der Waals surface area contributed by atoms with Crippen LogP contribution < -0.4 is 4.74 Å². The number of hydrogen-bond acceptors (Lipinski definition) is 3. The van der Waals surface area contributed by atoms with Crippen LogP contribution in [0.4, 0.5) is 0 Å². The summed E-state index contributed by atoms with van der Waals surface area (Å²) in [5.41, 5.74) is 4.71. The molecule has 0 aliphatic rings. The third kappa shape index (κ3) is 17.5. The molecule has 1 unspecified atom stereocenters. The first-order valence-electron chi connectivity index (χ1n) is 18.2. The van der Waals surface area contributed by atoms with Crippen molar-refractivity contribution in [3.8, 4) is 16.9 Å². The van der Waals surface area contributed by atoms with Crippen LogP contribution in [-0.2, 0) is 22.6 Å². The average Bonchev–Trinajstić information content (AvgIpc) is 3.05. The van der Waals surface area contributed by atoms with Gasteiger partial charge in [0.1, 0.15) is 12.4 Å². The molecule has 0 fully saturated rings. The van der Waals surface area contributed by atoms with Gasteiger partial charge in [0.25, 0.3) is 0 Å². The molecule has 2 aromatic carbocycles. The van der Waals surface area contributed by atoms with Gasteiger partial charge in [-0.25, -0.2) is 0 Å². The lowest BCUT2D eigenvalue weighted by molar-refractivity contribution is -0.144. The van der Waals surface area contributed by atoms with Gasteiger partial charge >= 0.3 is 5.97 Å². The summed E-state index contributed by atoms with van der Waals surface area (Å²) >= 11 is 5.69.